The van der Waals surface area contributed by atoms with Crippen molar-refractivity contribution < 1.29 is 0 Å². The van der Waals surface area contributed by atoms with Crippen molar-refractivity contribution >= 4 is 0 Å². The van der Waals surface area contributed by atoms with Gasteiger partial charge in [-0.2, -0.15) is 0 Å². The highest BCUT2D eigenvalue weighted by Crippen LogP contribution is 2.43. The van der Waals surface area contributed by atoms with Gasteiger partial charge in [-0.25, -0.2) is 0 Å². The number of hydrogen-bond acceptors (Lipinski definition) is 1. The van der Waals surface area contributed by atoms with E-state index >= 15 is 0 Å². The van der Waals surface area contributed by atoms with Crippen LogP contribution in [0, 0.1) is 5.41 Å². The first-order valence-electron chi connectivity index (χ1n) is 4.53. The average Bonchev–Trinajstić information content (AvgIpc) is 2.39. The van der Waals surface area contributed by atoms with E-state index in [0.717, 1.165) is 6.54 Å². The first-order chi connectivity index (χ1) is 4.83. The highest BCUT2D eigenvalue weighted by Gasteiger charge is 2.30. The van der Waals surface area contributed by atoms with Crippen molar-refractivity contribution in [2.24, 2.45) is 11.1 Å². The lowest BCUT2D eigenvalue weighted by molar-refractivity contribution is 0.265. The van der Waals surface area contributed by atoms with Crippen LogP contribution in [0.4, 0.5) is 0 Å². The fourth-order valence-corrected chi connectivity index (χ4v) is 2.21. The molecule has 0 aromatic carbocycles. The third-order valence-electron chi connectivity index (χ3n) is 3.09. The zero-order valence-electron chi connectivity index (χ0n) is 7.03. The topological polar surface area (TPSA) is 26.0 Å². The van der Waals surface area contributed by atoms with Crippen molar-refractivity contribution in [3.05, 3.63) is 0 Å². The summed E-state index contributed by atoms with van der Waals surface area (Å²) in [4.78, 5) is 0. The van der Waals surface area contributed by atoms with Crippen LogP contribution in [0.3, 0.4) is 0 Å². The smallest absolute Gasteiger partial charge is 0.00720 e. The lowest BCUT2D eigenvalue weighted by atomic mass is 9.80. The molecule has 1 fully saturated rings. The molecule has 1 aliphatic carbocycles. The van der Waals surface area contributed by atoms with Gasteiger partial charge in [0.15, 0.2) is 0 Å². The summed E-state index contributed by atoms with van der Waals surface area (Å²) in [5.74, 6) is 0. The quantitative estimate of drug-likeness (QED) is 0.641. The van der Waals surface area contributed by atoms with Gasteiger partial charge in [-0.05, 0) is 31.2 Å². The molecule has 1 aliphatic rings. The van der Waals surface area contributed by atoms with Crippen LogP contribution in [0.1, 0.15) is 45.4 Å². The molecule has 0 unspecified atom stereocenters. The van der Waals surface area contributed by atoms with E-state index in [1.165, 1.54) is 38.5 Å². The molecule has 1 heteroatoms. The van der Waals surface area contributed by atoms with Crippen LogP contribution >= 0.6 is 0 Å². The van der Waals surface area contributed by atoms with E-state index in [1.54, 1.807) is 0 Å². The fraction of sp³-hybridized carbons (Fsp3) is 1.00. The third kappa shape index (κ3) is 1.51. The van der Waals surface area contributed by atoms with E-state index in [-0.39, 0.29) is 0 Å². The maximum Gasteiger partial charge on any atom is -0.00720 e. The molecule has 60 valence electrons. The second-order valence-corrected chi connectivity index (χ2v) is 3.60. The number of hydrogen-bond donors (Lipinski definition) is 1. The maximum atomic E-state index is 5.57. The molecule has 0 radical (unpaired) electrons. The molecule has 0 aliphatic heterocycles. The summed E-state index contributed by atoms with van der Waals surface area (Å²) < 4.78 is 0. The molecule has 1 nitrogen and oxygen atoms in total. The largest absolute Gasteiger partial charge is 0.330 e. The minimum atomic E-state index is 0.661. The van der Waals surface area contributed by atoms with Crippen LogP contribution in [0.15, 0.2) is 0 Å². The zero-order valence-corrected chi connectivity index (χ0v) is 7.03. The second-order valence-electron chi connectivity index (χ2n) is 3.60. The van der Waals surface area contributed by atoms with Gasteiger partial charge in [0.05, 0.1) is 0 Å². The molecule has 0 aromatic rings. The summed E-state index contributed by atoms with van der Waals surface area (Å²) >= 11 is 0. The Morgan fingerprint density at radius 3 is 2.30 bits per heavy atom. The molecular formula is C9H19N. The van der Waals surface area contributed by atoms with Gasteiger partial charge in [-0.15, -0.1) is 0 Å². The Balaban J connectivity index is 2.41. The van der Waals surface area contributed by atoms with E-state index in [9.17, 15) is 0 Å². The Kier molecular flexibility index (Phi) is 2.72. The van der Waals surface area contributed by atoms with E-state index in [2.05, 4.69) is 6.92 Å². The van der Waals surface area contributed by atoms with Gasteiger partial charge in [0.25, 0.3) is 0 Å². The van der Waals surface area contributed by atoms with E-state index in [1.807, 2.05) is 0 Å². The van der Waals surface area contributed by atoms with Gasteiger partial charge in [0, 0.05) is 0 Å². The highest BCUT2D eigenvalue weighted by molar-refractivity contribution is 4.83. The molecule has 1 rings (SSSR count). The molecule has 10 heavy (non-hydrogen) atoms. The van der Waals surface area contributed by atoms with Crippen LogP contribution in [0.5, 0.6) is 0 Å². The molecule has 0 atom stereocenters. The van der Waals surface area contributed by atoms with Crippen LogP contribution in [0.25, 0.3) is 0 Å². The maximum absolute atomic E-state index is 5.57. The molecule has 0 saturated heterocycles. The van der Waals surface area contributed by atoms with Gasteiger partial charge in [0.2, 0.25) is 0 Å². The molecule has 2 N–H and O–H groups in total. The van der Waals surface area contributed by atoms with Gasteiger partial charge in [-0.1, -0.05) is 26.2 Å². The summed E-state index contributed by atoms with van der Waals surface area (Å²) in [6, 6.07) is 0. The van der Waals surface area contributed by atoms with Gasteiger partial charge >= 0.3 is 0 Å². The Hall–Kier alpha value is -0.0400. The molecule has 0 aromatic heterocycles. The minimum Gasteiger partial charge on any atom is -0.330 e. The summed E-state index contributed by atoms with van der Waals surface area (Å²) in [6.07, 6.45) is 8.33. The first-order valence-corrected chi connectivity index (χ1v) is 4.53. The Morgan fingerprint density at radius 1 is 1.30 bits per heavy atom. The highest BCUT2D eigenvalue weighted by atomic mass is 14.5. The molecule has 0 amide bonds. The van der Waals surface area contributed by atoms with Crippen LogP contribution in [-0.2, 0) is 0 Å². The first kappa shape index (κ1) is 8.06. The molecule has 0 bridgehead atoms. The Morgan fingerprint density at radius 2 is 1.90 bits per heavy atom. The Bertz CT molecular complexity index is 92.9. The van der Waals surface area contributed by atoms with Gasteiger partial charge < -0.3 is 5.73 Å². The van der Waals surface area contributed by atoms with Crippen molar-refractivity contribution in [1.82, 2.24) is 0 Å². The van der Waals surface area contributed by atoms with Crippen molar-refractivity contribution in [2.45, 2.75) is 45.4 Å². The van der Waals surface area contributed by atoms with Crippen LogP contribution in [-0.4, -0.2) is 6.54 Å². The van der Waals surface area contributed by atoms with Crippen molar-refractivity contribution in [3.8, 4) is 0 Å². The molecule has 0 heterocycles. The lowest BCUT2D eigenvalue weighted by Crippen LogP contribution is -2.19. The monoisotopic (exact) mass is 141 g/mol. The predicted octanol–water partition coefficient (Wildman–Crippen LogP) is 2.31. The van der Waals surface area contributed by atoms with E-state index in [0.29, 0.717) is 5.41 Å². The minimum absolute atomic E-state index is 0.661. The molecule has 1 saturated carbocycles. The number of nitrogens with two attached hydrogens (primary N) is 1. The third-order valence-corrected chi connectivity index (χ3v) is 3.09. The van der Waals surface area contributed by atoms with Gasteiger partial charge in [0.1, 0.15) is 0 Å². The molecule has 0 spiro atoms. The lowest BCUT2D eigenvalue weighted by Gasteiger charge is -2.26. The van der Waals surface area contributed by atoms with Crippen LogP contribution in [0.2, 0.25) is 0 Å². The zero-order chi connectivity index (χ0) is 7.45. The normalized spacial score (nSPS) is 23.4. The summed E-state index contributed by atoms with van der Waals surface area (Å²) in [6.45, 7) is 3.19. The summed E-state index contributed by atoms with van der Waals surface area (Å²) in [7, 11) is 0. The van der Waals surface area contributed by atoms with E-state index in [4.69, 9.17) is 5.73 Å². The number of rotatable bonds is 3. The summed E-state index contributed by atoms with van der Waals surface area (Å²) in [5.41, 5.74) is 6.23. The fourth-order valence-electron chi connectivity index (χ4n) is 2.21. The average molecular weight is 141 g/mol. The van der Waals surface area contributed by atoms with Crippen LogP contribution < -0.4 is 5.73 Å². The molecular weight excluding hydrogens is 122 g/mol. The second kappa shape index (κ2) is 3.38. The van der Waals surface area contributed by atoms with Crippen molar-refractivity contribution in [2.75, 3.05) is 6.54 Å². The summed E-state index contributed by atoms with van der Waals surface area (Å²) in [5, 5.41) is 0. The van der Waals surface area contributed by atoms with Gasteiger partial charge in [-0.3, -0.25) is 0 Å². The Labute approximate surface area is 64.0 Å². The van der Waals surface area contributed by atoms with E-state index < -0.39 is 0 Å². The van der Waals surface area contributed by atoms with Crippen molar-refractivity contribution in [3.63, 3.8) is 0 Å². The predicted molar refractivity (Wildman–Crippen MR) is 44.9 cm³/mol. The SMILES string of the molecule is CCC1(CCN)CCCC1. The van der Waals surface area contributed by atoms with Crippen molar-refractivity contribution in [1.29, 1.82) is 0 Å². The standard InChI is InChI=1S/C9H19N/c1-2-9(7-8-10)5-3-4-6-9/h2-8,10H2,1H3.